The number of hydrogen-bond acceptors (Lipinski definition) is 3. The zero-order chi connectivity index (χ0) is 20.0. The molecular weight excluding hydrogens is 369 g/mol. The molecule has 0 heterocycles. The van der Waals surface area contributed by atoms with E-state index in [1.165, 1.54) is 18.2 Å². The highest BCUT2D eigenvalue weighted by Gasteiger charge is 2.22. The van der Waals surface area contributed by atoms with Crippen LogP contribution in [0.2, 0.25) is 5.02 Å². The van der Waals surface area contributed by atoms with Gasteiger partial charge in [0, 0.05) is 28.7 Å². The lowest BCUT2D eigenvalue weighted by atomic mass is 9.86. The summed E-state index contributed by atoms with van der Waals surface area (Å²) in [7, 11) is 0. The highest BCUT2D eigenvalue weighted by molar-refractivity contribution is 6.31. The number of benzene rings is 1. The normalized spacial score (nSPS) is 20.2. The number of carbonyl (C=O) groups excluding carboxylic acids is 2. The summed E-state index contributed by atoms with van der Waals surface area (Å²) in [5, 5.41) is 9.33. The van der Waals surface area contributed by atoms with Crippen LogP contribution < -0.4 is 16.0 Å². The van der Waals surface area contributed by atoms with Crippen LogP contribution in [-0.4, -0.2) is 36.5 Å². The van der Waals surface area contributed by atoms with Crippen LogP contribution in [0.4, 0.5) is 4.39 Å². The van der Waals surface area contributed by atoms with Gasteiger partial charge in [-0.15, -0.1) is 0 Å². The van der Waals surface area contributed by atoms with Gasteiger partial charge in [-0.1, -0.05) is 11.6 Å². The molecule has 5 nitrogen and oxygen atoms in total. The molecule has 150 valence electrons. The molecule has 0 spiro atoms. The fraction of sp³-hybridized carbons (Fsp3) is 0.600. The summed E-state index contributed by atoms with van der Waals surface area (Å²) in [5.74, 6) is -0.435. The monoisotopic (exact) mass is 397 g/mol. The van der Waals surface area contributed by atoms with Gasteiger partial charge in [0.1, 0.15) is 5.82 Å². The highest BCUT2D eigenvalue weighted by Crippen LogP contribution is 2.24. The average molecular weight is 398 g/mol. The van der Waals surface area contributed by atoms with E-state index in [9.17, 15) is 14.0 Å². The third-order valence-electron chi connectivity index (χ3n) is 4.59. The molecule has 1 fully saturated rings. The first-order chi connectivity index (χ1) is 12.6. The van der Waals surface area contributed by atoms with E-state index in [4.69, 9.17) is 11.6 Å². The van der Waals surface area contributed by atoms with E-state index in [2.05, 4.69) is 16.0 Å². The number of carbonyl (C=O) groups is 2. The van der Waals surface area contributed by atoms with E-state index >= 15 is 0 Å². The molecule has 0 aliphatic heterocycles. The molecule has 2 rings (SSSR count). The summed E-state index contributed by atoms with van der Waals surface area (Å²) in [6.45, 7) is 6.76. The number of hydrogen-bond donors (Lipinski definition) is 3. The molecule has 0 unspecified atom stereocenters. The molecule has 1 saturated carbocycles. The molecule has 0 saturated heterocycles. The summed E-state index contributed by atoms with van der Waals surface area (Å²) >= 11 is 5.79. The second-order valence-electron chi connectivity index (χ2n) is 8.26. The minimum Gasteiger partial charge on any atom is -0.352 e. The van der Waals surface area contributed by atoms with Gasteiger partial charge in [-0.25, -0.2) is 4.39 Å². The molecular formula is C20H29ClFN3O2. The summed E-state index contributed by atoms with van der Waals surface area (Å²) in [6, 6.07) is 4.15. The van der Waals surface area contributed by atoms with Gasteiger partial charge < -0.3 is 16.0 Å². The topological polar surface area (TPSA) is 70.2 Å². The maximum absolute atomic E-state index is 13.3. The van der Waals surface area contributed by atoms with Crippen molar-refractivity contribution in [2.75, 3.05) is 13.1 Å². The van der Waals surface area contributed by atoms with Gasteiger partial charge in [0.15, 0.2) is 0 Å². The van der Waals surface area contributed by atoms with Gasteiger partial charge in [0.25, 0.3) is 5.91 Å². The van der Waals surface area contributed by atoms with Crippen LogP contribution in [0.25, 0.3) is 0 Å². The van der Waals surface area contributed by atoms with Crippen molar-refractivity contribution < 1.29 is 14.0 Å². The molecule has 1 aromatic carbocycles. The van der Waals surface area contributed by atoms with Gasteiger partial charge in [-0.05, 0) is 70.6 Å². The Kier molecular flexibility index (Phi) is 7.62. The van der Waals surface area contributed by atoms with Crippen LogP contribution in [0.15, 0.2) is 18.2 Å². The SMILES string of the molecule is CC(C)(C)NC(=O)CN[C@H]1CC[C@H](CNC(=O)c2cc(F)cc(Cl)c2)CC1. The lowest BCUT2D eigenvalue weighted by Crippen LogP contribution is -2.47. The van der Waals surface area contributed by atoms with Gasteiger partial charge in [-0.3, -0.25) is 9.59 Å². The van der Waals surface area contributed by atoms with Crippen molar-refractivity contribution in [3.63, 3.8) is 0 Å². The van der Waals surface area contributed by atoms with E-state index < -0.39 is 5.82 Å². The minimum atomic E-state index is -0.519. The van der Waals surface area contributed by atoms with Crippen LogP contribution in [0.1, 0.15) is 56.8 Å². The summed E-state index contributed by atoms with van der Waals surface area (Å²) in [5.41, 5.74) is 0.0146. The Labute approximate surface area is 165 Å². The standard InChI is InChI=1S/C20H29ClFN3O2/c1-20(2,3)25-18(26)12-23-17-6-4-13(5-7-17)11-24-19(27)14-8-15(21)10-16(22)9-14/h8-10,13,17,23H,4-7,11-12H2,1-3H3,(H,24,27)(H,25,26)/t13-,17-. The van der Waals surface area contributed by atoms with Gasteiger partial charge in [-0.2, -0.15) is 0 Å². The molecule has 2 amide bonds. The van der Waals surface area contributed by atoms with Crippen molar-refractivity contribution in [2.45, 2.75) is 58.0 Å². The van der Waals surface area contributed by atoms with Crippen LogP contribution in [-0.2, 0) is 4.79 Å². The van der Waals surface area contributed by atoms with Crippen LogP contribution in [0.3, 0.4) is 0 Å². The maximum Gasteiger partial charge on any atom is 0.251 e. The molecule has 0 radical (unpaired) electrons. The number of rotatable bonds is 6. The van der Waals surface area contributed by atoms with Crippen LogP contribution in [0, 0.1) is 11.7 Å². The fourth-order valence-corrected chi connectivity index (χ4v) is 3.52. The molecule has 7 heteroatoms. The first kappa shape index (κ1) is 21.6. The molecule has 1 aliphatic carbocycles. The number of amides is 2. The van der Waals surface area contributed by atoms with Gasteiger partial charge in [0.2, 0.25) is 5.91 Å². The van der Waals surface area contributed by atoms with Crippen molar-refractivity contribution in [1.82, 2.24) is 16.0 Å². The first-order valence-electron chi connectivity index (χ1n) is 9.41. The summed E-state index contributed by atoms with van der Waals surface area (Å²) in [6.07, 6.45) is 3.88. The number of halogens is 2. The Morgan fingerprint density at radius 2 is 1.81 bits per heavy atom. The van der Waals surface area contributed by atoms with Crippen LogP contribution >= 0.6 is 11.6 Å². The van der Waals surface area contributed by atoms with Crippen molar-refractivity contribution in [2.24, 2.45) is 5.92 Å². The van der Waals surface area contributed by atoms with E-state index in [0.29, 0.717) is 25.0 Å². The Hall–Kier alpha value is -1.66. The first-order valence-corrected chi connectivity index (χ1v) is 9.79. The second kappa shape index (κ2) is 9.51. The Morgan fingerprint density at radius 1 is 1.15 bits per heavy atom. The predicted molar refractivity (Wildman–Crippen MR) is 105 cm³/mol. The summed E-state index contributed by atoms with van der Waals surface area (Å²) in [4.78, 5) is 24.0. The average Bonchev–Trinajstić information content (AvgIpc) is 2.56. The molecule has 0 atom stereocenters. The molecule has 27 heavy (non-hydrogen) atoms. The second-order valence-corrected chi connectivity index (χ2v) is 8.70. The van der Waals surface area contributed by atoms with Crippen LogP contribution in [0.5, 0.6) is 0 Å². The fourth-order valence-electron chi connectivity index (χ4n) is 3.29. The third-order valence-corrected chi connectivity index (χ3v) is 4.81. The third kappa shape index (κ3) is 7.85. The van der Waals surface area contributed by atoms with Crippen molar-refractivity contribution in [3.8, 4) is 0 Å². The molecule has 0 bridgehead atoms. The molecule has 0 aromatic heterocycles. The minimum absolute atomic E-state index is 0.00522. The lowest BCUT2D eigenvalue weighted by Gasteiger charge is -2.29. The highest BCUT2D eigenvalue weighted by atomic mass is 35.5. The van der Waals surface area contributed by atoms with E-state index in [1.807, 2.05) is 20.8 Å². The smallest absolute Gasteiger partial charge is 0.251 e. The zero-order valence-electron chi connectivity index (χ0n) is 16.2. The zero-order valence-corrected chi connectivity index (χ0v) is 17.0. The van der Waals surface area contributed by atoms with E-state index in [0.717, 1.165) is 25.7 Å². The van der Waals surface area contributed by atoms with Gasteiger partial charge >= 0.3 is 0 Å². The maximum atomic E-state index is 13.3. The van der Waals surface area contributed by atoms with Gasteiger partial charge in [0.05, 0.1) is 6.54 Å². The Morgan fingerprint density at radius 3 is 2.41 bits per heavy atom. The van der Waals surface area contributed by atoms with Crippen molar-refractivity contribution in [3.05, 3.63) is 34.6 Å². The predicted octanol–water partition coefficient (Wildman–Crippen LogP) is 3.27. The molecule has 1 aromatic rings. The van der Waals surface area contributed by atoms with E-state index in [-0.39, 0.29) is 27.9 Å². The lowest BCUT2D eigenvalue weighted by molar-refractivity contribution is -0.121. The Bertz CT molecular complexity index is 647. The quantitative estimate of drug-likeness (QED) is 0.690. The van der Waals surface area contributed by atoms with E-state index in [1.54, 1.807) is 0 Å². The molecule has 3 N–H and O–H groups in total. The summed E-state index contributed by atoms with van der Waals surface area (Å²) < 4.78 is 13.3. The Balaban J connectivity index is 1.68. The molecule has 1 aliphatic rings. The van der Waals surface area contributed by atoms with Crippen molar-refractivity contribution in [1.29, 1.82) is 0 Å². The van der Waals surface area contributed by atoms with Crippen molar-refractivity contribution >= 4 is 23.4 Å². The largest absolute Gasteiger partial charge is 0.352 e. The number of nitrogens with one attached hydrogen (secondary N) is 3.